The lowest BCUT2D eigenvalue weighted by molar-refractivity contribution is 0.102. The van der Waals surface area contributed by atoms with Crippen LogP contribution in [0.5, 0.6) is 0 Å². The van der Waals surface area contributed by atoms with Crippen molar-refractivity contribution < 1.29 is 13.9 Å². The highest BCUT2D eigenvalue weighted by atomic mass is 32.2. The molecule has 2 heterocycles. The molecule has 0 bridgehead atoms. The molecule has 0 unspecified atom stereocenters. The molecule has 9 heteroatoms. The average Bonchev–Trinajstić information content (AvgIpc) is 3.27. The Morgan fingerprint density at radius 3 is 2.76 bits per heavy atom. The van der Waals surface area contributed by atoms with Crippen molar-refractivity contribution in [1.29, 1.82) is 0 Å². The van der Waals surface area contributed by atoms with Crippen molar-refractivity contribution >= 4 is 34.0 Å². The van der Waals surface area contributed by atoms with Crippen molar-refractivity contribution in [3.63, 3.8) is 0 Å². The molecule has 0 aliphatic heterocycles. The SMILES string of the molecule is COCCNc1nnc(SCC(=O)c2cc(C)n(Cc3ccc(F)cc3)c2C)s1. The first-order valence-corrected chi connectivity index (χ1v) is 10.9. The summed E-state index contributed by atoms with van der Waals surface area (Å²) in [4.78, 5) is 12.8. The summed E-state index contributed by atoms with van der Waals surface area (Å²) in [6, 6.07) is 8.34. The Morgan fingerprint density at radius 2 is 2.03 bits per heavy atom. The molecule has 0 aliphatic rings. The molecule has 154 valence electrons. The second-order valence-electron chi connectivity index (χ2n) is 6.50. The van der Waals surface area contributed by atoms with E-state index in [2.05, 4.69) is 20.1 Å². The van der Waals surface area contributed by atoms with Gasteiger partial charge in [0.05, 0.1) is 12.4 Å². The van der Waals surface area contributed by atoms with E-state index in [0.717, 1.165) is 26.4 Å². The molecule has 0 atom stereocenters. The van der Waals surface area contributed by atoms with Gasteiger partial charge in [0.2, 0.25) is 5.13 Å². The molecule has 1 N–H and O–H groups in total. The van der Waals surface area contributed by atoms with Crippen LogP contribution < -0.4 is 5.32 Å². The highest BCUT2D eigenvalue weighted by Gasteiger charge is 2.17. The third-order valence-corrected chi connectivity index (χ3v) is 6.46. The number of carbonyl (C=O) groups is 1. The summed E-state index contributed by atoms with van der Waals surface area (Å²) >= 11 is 2.81. The summed E-state index contributed by atoms with van der Waals surface area (Å²) in [5.41, 5.74) is 3.61. The number of nitrogens with zero attached hydrogens (tertiary/aromatic N) is 3. The minimum absolute atomic E-state index is 0.0533. The van der Waals surface area contributed by atoms with Gasteiger partial charge in [0, 0.05) is 37.2 Å². The molecule has 0 radical (unpaired) electrons. The number of halogens is 1. The summed E-state index contributed by atoms with van der Waals surface area (Å²) in [6.45, 7) is 5.77. The Balaban J connectivity index is 1.62. The first kappa shape index (κ1) is 21.5. The molecule has 0 aliphatic carbocycles. The van der Waals surface area contributed by atoms with Crippen LogP contribution >= 0.6 is 23.1 Å². The summed E-state index contributed by atoms with van der Waals surface area (Å²) in [6.07, 6.45) is 0. The van der Waals surface area contributed by atoms with E-state index < -0.39 is 0 Å². The molecular weight excluding hydrogens is 411 g/mol. The predicted octanol–water partition coefficient (Wildman–Crippen LogP) is 4.18. The summed E-state index contributed by atoms with van der Waals surface area (Å²) < 4.78 is 20.9. The van der Waals surface area contributed by atoms with Crippen LogP contribution in [0.2, 0.25) is 0 Å². The van der Waals surface area contributed by atoms with Crippen molar-refractivity contribution in [1.82, 2.24) is 14.8 Å². The molecule has 2 aromatic heterocycles. The number of hydrogen-bond acceptors (Lipinski definition) is 7. The molecule has 0 saturated carbocycles. The summed E-state index contributed by atoms with van der Waals surface area (Å²) in [7, 11) is 1.64. The largest absolute Gasteiger partial charge is 0.383 e. The number of benzene rings is 1. The van der Waals surface area contributed by atoms with Gasteiger partial charge in [-0.25, -0.2) is 4.39 Å². The van der Waals surface area contributed by atoms with Gasteiger partial charge in [-0.3, -0.25) is 4.79 Å². The van der Waals surface area contributed by atoms with Crippen molar-refractivity contribution in [3.05, 3.63) is 58.7 Å². The molecule has 3 aromatic rings. The number of aryl methyl sites for hydroxylation is 1. The summed E-state index contributed by atoms with van der Waals surface area (Å²) in [5.74, 6) is 0.0990. The topological polar surface area (TPSA) is 69.0 Å². The van der Waals surface area contributed by atoms with Crippen LogP contribution in [0.15, 0.2) is 34.7 Å². The van der Waals surface area contributed by atoms with Gasteiger partial charge < -0.3 is 14.6 Å². The molecular formula is C20H23FN4O2S2. The number of ketones is 1. The van der Waals surface area contributed by atoms with E-state index in [0.29, 0.717) is 31.0 Å². The lowest BCUT2D eigenvalue weighted by atomic mass is 10.2. The first-order chi connectivity index (χ1) is 14.0. The van der Waals surface area contributed by atoms with E-state index >= 15 is 0 Å². The molecule has 0 amide bonds. The Bertz CT molecular complexity index is 970. The van der Waals surface area contributed by atoms with E-state index in [1.165, 1.54) is 35.2 Å². The molecule has 3 rings (SSSR count). The monoisotopic (exact) mass is 434 g/mol. The van der Waals surface area contributed by atoms with Gasteiger partial charge in [-0.2, -0.15) is 0 Å². The highest BCUT2D eigenvalue weighted by molar-refractivity contribution is 8.01. The second-order valence-corrected chi connectivity index (χ2v) is 8.70. The van der Waals surface area contributed by atoms with Gasteiger partial charge in [0.1, 0.15) is 5.82 Å². The van der Waals surface area contributed by atoms with Crippen molar-refractivity contribution in [2.24, 2.45) is 0 Å². The fourth-order valence-electron chi connectivity index (χ4n) is 2.90. The highest BCUT2D eigenvalue weighted by Crippen LogP contribution is 2.27. The molecule has 0 fully saturated rings. The molecule has 0 saturated heterocycles. The van der Waals surface area contributed by atoms with Crippen molar-refractivity contribution in [3.8, 4) is 0 Å². The number of hydrogen-bond donors (Lipinski definition) is 1. The maximum atomic E-state index is 13.1. The quantitative estimate of drug-likeness (QED) is 0.293. The Hall–Kier alpha value is -2.23. The third-order valence-electron chi connectivity index (χ3n) is 4.44. The van der Waals surface area contributed by atoms with E-state index in [-0.39, 0.29) is 11.6 Å². The van der Waals surface area contributed by atoms with Crippen LogP contribution in [0.3, 0.4) is 0 Å². The van der Waals surface area contributed by atoms with E-state index in [9.17, 15) is 9.18 Å². The molecule has 29 heavy (non-hydrogen) atoms. The minimum Gasteiger partial charge on any atom is -0.383 e. The number of anilines is 1. The number of aromatic nitrogens is 3. The van der Waals surface area contributed by atoms with Gasteiger partial charge in [0.15, 0.2) is 10.1 Å². The van der Waals surface area contributed by atoms with Crippen LogP contribution in [-0.2, 0) is 11.3 Å². The third kappa shape index (κ3) is 5.65. The number of nitrogens with one attached hydrogen (secondary N) is 1. The normalized spacial score (nSPS) is 11.0. The van der Waals surface area contributed by atoms with Crippen LogP contribution in [0.1, 0.15) is 27.3 Å². The first-order valence-electron chi connectivity index (χ1n) is 9.11. The minimum atomic E-state index is -0.253. The smallest absolute Gasteiger partial charge is 0.206 e. The van der Waals surface area contributed by atoms with E-state index in [1.807, 2.05) is 19.9 Å². The van der Waals surface area contributed by atoms with Crippen LogP contribution in [0.4, 0.5) is 9.52 Å². The van der Waals surface area contributed by atoms with Gasteiger partial charge in [-0.05, 0) is 37.6 Å². The summed E-state index contributed by atoms with van der Waals surface area (Å²) in [5, 5.41) is 12.0. The number of thioether (sulfide) groups is 1. The van der Waals surface area contributed by atoms with Crippen LogP contribution in [0.25, 0.3) is 0 Å². The second kappa shape index (κ2) is 10.00. The van der Waals surface area contributed by atoms with E-state index in [4.69, 9.17) is 4.74 Å². The van der Waals surface area contributed by atoms with Gasteiger partial charge in [-0.15, -0.1) is 10.2 Å². The lowest BCUT2D eigenvalue weighted by Crippen LogP contribution is -2.07. The zero-order chi connectivity index (χ0) is 20.8. The van der Waals surface area contributed by atoms with Crippen LogP contribution in [-0.4, -0.2) is 46.6 Å². The molecule has 1 aromatic carbocycles. The number of ether oxygens (including phenoxy) is 1. The number of Topliss-reactive ketones (excluding diaryl/α,β-unsaturated/α-hetero) is 1. The zero-order valence-electron chi connectivity index (χ0n) is 16.6. The maximum Gasteiger partial charge on any atom is 0.206 e. The number of carbonyl (C=O) groups excluding carboxylic acids is 1. The maximum absolute atomic E-state index is 13.1. The lowest BCUT2D eigenvalue weighted by Gasteiger charge is -2.10. The van der Waals surface area contributed by atoms with Crippen molar-refractivity contribution in [2.45, 2.75) is 24.7 Å². The molecule has 6 nitrogen and oxygen atoms in total. The average molecular weight is 435 g/mol. The fraction of sp³-hybridized carbons (Fsp3) is 0.350. The van der Waals surface area contributed by atoms with Gasteiger partial charge >= 0.3 is 0 Å². The fourth-order valence-corrected chi connectivity index (χ4v) is 4.56. The molecule has 0 spiro atoms. The van der Waals surface area contributed by atoms with Gasteiger partial charge in [0.25, 0.3) is 0 Å². The predicted molar refractivity (Wildman–Crippen MR) is 115 cm³/mol. The Kier molecular flexibility index (Phi) is 7.40. The number of rotatable bonds is 10. The van der Waals surface area contributed by atoms with Crippen molar-refractivity contribution in [2.75, 3.05) is 31.3 Å². The Morgan fingerprint density at radius 1 is 1.28 bits per heavy atom. The van der Waals surface area contributed by atoms with Crippen LogP contribution in [0, 0.1) is 19.7 Å². The standard InChI is InChI=1S/C20H23FN4O2S2/c1-13-10-17(14(2)25(13)11-15-4-6-16(21)7-5-15)18(26)12-28-20-24-23-19(29-20)22-8-9-27-3/h4-7,10H,8-9,11-12H2,1-3H3,(H,22,23). The van der Waals surface area contributed by atoms with E-state index in [1.54, 1.807) is 19.2 Å². The van der Waals surface area contributed by atoms with Gasteiger partial charge in [-0.1, -0.05) is 35.2 Å². The number of methoxy groups -OCH3 is 1. The Labute approximate surface area is 177 Å². The zero-order valence-corrected chi connectivity index (χ0v) is 18.2.